The lowest BCUT2D eigenvalue weighted by atomic mass is 10.1. The largest absolute Gasteiger partial charge is 0.506 e. The molecule has 18 heavy (non-hydrogen) atoms. The van der Waals surface area contributed by atoms with Gasteiger partial charge in [0.1, 0.15) is 29.7 Å². The molecule has 5 heteroatoms. The zero-order valence-electron chi connectivity index (χ0n) is 9.73. The van der Waals surface area contributed by atoms with Crippen LogP contribution in [0.15, 0.2) is 29.5 Å². The van der Waals surface area contributed by atoms with Gasteiger partial charge in [-0.25, -0.2) is 0 Å². The average molecular weight is 238 g/mol. The van der Waals surface area contributed by atoms with Crippen LogP contribution in [0.25, 0.3) is 0 Å². The van der Waals surface area contributed by atoms with E-state index in [1.54, 1.807) is 30.3 Å². The summed E-state index contributed by atoms with van der Waals surface area (Å²) in [6.45, 7) is 1.95. The first-order valence-electron chi connectivity index (χ1n) is 5.19. The van der Waals surface area contributed by atoms with Crippen molar-refractivity contribution < 1.29 is 5.11 Å². The quantitative estimate of drug-likeness (QED) is 0.620. The van der Waals surface area contributed by atoms with Gasteiger partial charge < -0.3 is 10.4 Å². The van der Waals surface area contributed by atoms with Gasteiger partial charge in [-0.1, -0.05) is 13.0 Å². The van der Waals surface area contributed by atoms with Crippen LogP contribution >= 0.6 is 0 Å². The third-order valence-electron chi connectivity index (χ3n) is 2.31. The maximum Gasteiger partial charge on any atom is 0.163 e. The van der Waals surface area contributed by atoms with Crippen LogP contribution < -0.4 is 5.32 Å². The van der Waals surface area contributed by atoms with Gasteiger partial charge in [0.2, 0.25) is 0 Å². The summed E-state index contributed by atoms with van der Waals surface area (Å²) in [5.41, 5.74) is 0.763. The van der Waals surface area contributed by atoms with E-state index in [1.165, 1.54) is 6.07 Å². The number of anilines is 1. The number of aryl methyl sites for hydroxylation is 1. The molecule has 0 atom stereocenters. The Balaban J connectivity index is 3.20. The van der Waals surface area contributed by atoms with Gasteiger partial charge in [0.15, 0.2) is 5.57 Å². The first-order valence-corrected chi connectivity index (χ1v) is 5.19. The van der Waals surface area contributed by atoms with E-state index in [2.05, 4.69) is 5.32 Å². The number of allylic oxidation sites excluding steroid dienone is 2. The summed E-state index contributed by atoms with van der Waals surface area (Å²) in [7, 11) is 0. The summed E-state index contributed by atoms with van der Waals surface area (Å²) in [6, 6.07) is 9.89. The number of nitriles is 3. The standard InChI is InChI=1S/C13H10N4O/c1-2-9-3-4-13(18)11(5-9)17-12(8-16)10(6-14)7-15/h3-5,17-18H,2H2,1H3. The minimum atomic E-state index is -0.321. The van der Waals surface area contributed by atoms with Crippen LogP contribution in [0.4, 0.5) is 5.69 Å². The van der Waals surface area contributed by atoms with E-state index < -0.39 is 0 Å². The highest BCUT2D eigenvalue weighted by Crippen LogP contribution is 2.26. The number of aromatic hydroxyl groups is 1. The van der Waals surface area contributed by atoms with Crippen LogP contribution in [-0.2, 0) is 6.42 Å². The minimum absolute atomic E-state index is 0.0461. The van der Waals surface area contributed by atoms with E-state index >= 15 is 0 Å². The van der Waals surface area contributed by atoms with Crippen LogP contribution in [0.5, 0.6) is 5.75 Å². The summed E-state index contributed by atoms with van der Waals surface area (Å²) in [5.74, 6) is -0.0461. The number of benzene rings is 1. The third kappa shape index (κ3) is 2.78. The highest BCUT2D eigenvalue weighted by Gasteiger charge is 2.09. The van der Waals surface area contributed by atoms with Crippen LogP contribution in [0.1, 0.15) is 12.5 Å². The lowest BCUT2D eigenvalue weighted by molar-refractivity contribution is 0.477. The summed E-state index contributed by atoms with van der Waals surface area (Å²) < 4.78 is 0. The molecule has 1 rings (SSSR count). The van der Waals surface area contributed by atoms with Crippen molar-refractivity contribution in [2.24, 2.45) is 0 Å². The van der Waals surface area contributed by atoms with Crippen LogP contribution in [0.2, 0.25) is 0 Å². The Morgan fingerprint density at radius 2 is 1.89 bits per heavy atom. The van der Waals surface area contributed by atoms with E-state index in [-0.39, 0.29) is 17.0 Å². The predicted molar refractivity (Wildman–Crippen MR) is 65.0 cm³/mol. The van der Waals surface area contributed by atoms with Gasteiger partial charge in [-0.15, -0.1) is 0 Å². The molecule has 0 aliphatic rings. The molecule has 0 fully saturated rings. The average Bonchev–Trinajstić information content (AvgIpc) is 2.40. The molecule has 5 nitrogen and oxygen atoms in total. The molecule has 0 saturated carbocycles. The molecule has 0 aromatic heterocycles. The Morgan fingerprint density at radius 3 is 2.39 bits per heavy atom. The fraction of sp³-hybridized carbons (Fsp3) is 0.154. The number of nitrogens with zero attached hydrogens (tertiary/aromatic N) is 3. The van der Waals surface area contributed by atoms with Gasteiger partial charge in [0.25, 0.3) is 0 Å². The molecule has 0 bridgehead atoms. The smallest absolute Gasteiger partial charge is 0.163 e. The highest BCUT2D eigenvalue weighted by molar-refractivity contribution is 5.64. The van der Waals surface area contributed by atoms with Gasteiger partial charge in [0, 0.05) is 0 Å². The molecule has 1 aromatic rings. The van der Waals surface area contributed by atoms with Crippen molar-refractivity contribution >= 4 is 5.69 Å². The maximum atomic E-state index is 9.64. The fourth-order valence-electron chi connectivity index (χ4n) is 1.32. The first-order chi connectivity index (χ1) is 8.65. The Kier molecular flexibility index (Phi) is 4.32. The molecule has 88 valence electrons. The second-order valence-corrected chi connectivity index (χ2v) is 3.42. The van der Waals surface area contributed by atoms with Crippen molar-refractivity contribution in [2.75, 3.05) is 5.32 Å². The summed E-state index contributed by atoms with van der Waals surface area (Å²) >= 11 is 0. The molecule has 1 aromatic carbocycles. The monoisotopic (exact) mass is 238 g/mol. The van der Waals surface area contributed by atoms with Gasteiger partial charge in [-0.3, -0.25) is 0 Å². The highest BCUT2D eigenvalue weighted by atomic mass is 16.3. The van der Waals surface area contributed by atoms with Gasteiger partial charge >= 0.3 is 0 Å². The molecule has 0 amide bonds. The molecule has 0 radical (unpaired) electrons. The van der Waals surface area contributed by atoms with Gasteiger partial charge in [0.05, 0.1) is 5.69 Å². The molecular formula is C13H10N4O. The fourth-order valence-corrected chi connectivity index (χ4v) is 1.32. The lowest BCUT2D eigenvalue weighted by Crippen LogP contribution is -2.01. The Bertz CT molecular complexity index is 595. The normalized spacial score (nSPS) is 8.56. The maximum absolute atomic E-state index is 9.64. The summed E-state index contributed by atoms with van der Waals surface area (Å²) in [6.07, 6.45) is 0.768. The molecule has 0 aliphatic heterocycles. The van der Waals surface area contributed by atoms with Gasteiger partial charge in [-0.2, -0.15) is 15.8 Å². The Morgan fingerprint density at radius 1 is 1.22 bits per heavy atom. The van der Waals surface area contributed by atoms with Crippen molar-refractivity contribution in [2.45, 2.75) is 13.3 Å². The van der Waals surface area contributed by atoms with Crippen molar-refractivity contribution in [3.63, 3.8) is 0 Å². The zero-order valence-corrected chi connectivity index (χ0v) is 9.73. The predicted octanol–water partition coefficient (Wildman–Crippen LogP) is 2.19. The van der Waals surface area contributed by atoms with E-state index in [0.717, 1.165) is 12.0 Å². The lowest BCUT2D eigenvalue weighted by Gasteiger charge is -2.08. The summed E-state index contributed by atoms with van der Waals surface area (Å²) in [5, 5.41) is 38.5. The van der Waals surface area contributed by atoms with Crippen LogP contribution in [0, 0.1) is 34.0 Å². The Hall–Kier alpha value is -2.97. The number of phenols is 1. The van der Waals surface area contributed by atoms with Crippen molar-refractivity contribution in [3.05, 3.63) is 35.0 Å². The van der Waals surface area contributed by atoms with Crippen molar-refractivity contribution in [1.82, 2.24) is 0 Å². The molecule has 0 spiro atoms. The SMILES string of the molecule is CCc1ccc(O)c(NC(C#N)=C(C#N)C#N)c1. The van der Waals surface area contributed by atoms with E-state index in [9.17, 15) is 5.11 Å². The van der Waals surface area contributed by atoms with E-state index in [4.69, 9.17) is 15.8 Å². The number of hydrogen-bond acceptors (Lipinski definition) is 5. The molecular weight excluding hydrogens is 228 g/mol. The second-order valence-electron chi connectivity index (χ2n) is 3.42. The second kappa shape index (κ2) is 5.94. The molecule has 0 heterocycles. The van der Waals surface area contributed by atoms with Crippen LogP contribution in [0.3, 0.4) is 0 Å². The third-order valence-corrected chi connectivity index (χ3v) is 2.31. The molecule has 0 unspecified atom stereocenters. The first kappa shape index (κ1) is 13.1. The zero-order chi connectivity index (χ0) is 13.5. The topological polar surface area (TPSA) is 104 Å². The van der Waals surface area contributed by atoms with Crippen LogP contribution in [-0.4, -0.2) is 5.11 Å². The van der Waals surface area contributed by atoms with E-state index in [0.29, 0.717) is 5.69 Å². The molecule has 0 saturated heterocycles. The molecule has 2 N–H and O–H groups in total. The van der Waals surface area contributed by atoms with E-state index in [1.807, 2.05) is 6.92 Å². The Labute approximate surface area is 105 Å². The molecule has 0 aliphatic carbocycles. The van der Waals surface area contributed by atoms with Crippen molar-refractivity contribution in [3.8, 4) is 24.0 Å². The number of nitrogens with one attached hydrogen (secondary N) is 1. The number of rotatable bonds is 3. The minimum Gasteiger partial charge on any atom is -0.506 e. The number of phenolic OH excluding ortho intramolecular Hbond substituents is 1. The summed E-state index contributed by atoms with van der Waals surface area (Å²) in [4.78, 5) is 0. The van der Waals surface area contributed by atoms with Gasteiger partial charge in [-0.05, 0) is 24.1 Å². The number of hydrogen-bond donors (Lipinski definition) is 2. The van der Waals surface area contributed by atoms with Crippen molar-refractivity contribution in [1.29, 1.82) is 15.8 Å².